The molecule has 0 aromatic heterocycles. The van der Waals surface area contributed by atoms with Gasteiger partial charge >= 0.3 is 5.97 Å². The molecule has 1 fully saturated rings. The smallest absolute Gasteiger partial charge is 0.311 e. The van der Waals surface area contributed by atoms with E-state index in [1.165, 1.54) is 7.11 Å². The van der Waals surface area contributed by atoms with Gasteiger partial charge in [-0.25, -0.2) is 0 Å². The lowest BCUT2D eigenvalue weighted by Gasteiger charge is -2.26. The third-order valence-electron chi connectivity index (χ3n) is 2.83. The molecule has 1 saturated heterocycles. The first-order chi connectivity index (χ1) is 6.70. The first kappa shape index (κ1) is 11.5. The van der Waals surface area contributed by atoms with Crippen LogP contribution in [0.3, 0.4) is 0 Å². The Labute approximate surface area is 85.0 Å². The Kier molecular flexibility index (Phi) is 4.35. The molecule has 0 aliphatic carbocycles. The standard InChI is InChI=1S/C10H19NO3/c1-7(10(12)14-3)9(13-2)8-5-4-6-11-8/h7-9,11H,4-6H2,1-3H3/t7-,8+,9-/m1/s1. The molecule has 0 bridgehead atoms. The average Bonchev–Trinajstić information content (AvgIpc) is 2.71. The van der Waals surface area contributed by atoms with Crippen molar-refractivity contribution in [2.24, 2.45) is 5.92 Å². The largest absolute Gasteiger partial charge is 0.469 e. The van der Waals surface area contributed by atoms with Crippen molar-refractivity contribution in [2.45, 2.75) is 31.9 Å². The van der Waals surface area contributed by atoms with E-state index in [1.54, 1.807) is 7.11 Å². The fraction of sp³-hybridized carbons (Fsp3) is 0.900. The predicted molar refractivity (Wildman–Crippen MR) is 53.0 cm³/mol. The van der Waals surface area contributed by atoms with Gasteiger partial charge in [0.1, 0.15) is 0 Å². The molecule has 0 unspecified atom stereocenters. The van der Waals surface area contributed by atoms with Crippen LogP contribution in [0.25, 0.3) is 0 Å². The van der Waals surface area contributed by atoms with Crippen molar-refractivity contribution in [3.05, 3.63) is 0 Å². The van der Waals surface area contributed by atoms with Gasteiger partial charge in [-0.15, -0.1) is 0 Å². The number of rotatable bonds is 4. The van der Waals surface area contributed by atoms with Crippen LogP contribution in [0.5, 0.6) is 0 Å². The molecule has 0 spiro atoms. The fourth-order valence-electron chi connectivity index (χ4n) is 2.03. The predicted octanol–water partition coefficient (Wildman–Crippen LogP) is 0.562. The SMILES string of the molecule is COC(=O)[C@H](C)[C@@H](OC)[C@@H]1CCCN1. The molecule has 1 aliphatic heterocycles. The highest BCUT2D eigenvalue weighted by molar-refractivity contribution is 5.72. The fourth-order valence-corrected chi connectivity index (χ4v) is 2.03. The number of carbonyl (C=O) groups excluding carboxylic acids is 1. The van der Waals surface area contributed by atoms with Crippen LogP contribution in [0.4, 0.5) is 0 Å². The first-order valence-electron chi connectivity index (χ1n) is 5.04. The summed E-state index contributed by atoms with van der Waals surface area (Å²) in [5, 5.41) is 3.33. The number of esters is 1. The highest BCUT2D eigenvalue weighted by Gasteiger charge is 2.33. The van der Waals surface area contributed by atoms with E-state index in [9.17, 15) is 4.79 Å². The molecule has 1 N–H and O–H groups in total. The summed E-state index contributed by atoms with van der Waals surface area (Å²) in [6, 6.07) is 0.286. The van der Waals surface area contributed by atoms with Gasteiger partial charge in [0, 0.05) is 13.2 Å². The lowest BCUT2D eigenvalue weighted by Crippen LogP contribution is -2.43. The van der Waals surface area contributed by atoms with E-state index in [-0.39, 0.29) is 24.0 Å². The van der Waals surface area contributed by atoms with E-state index in [2.05, 4.69) is 5.32 Å². The number of hydrogen-bond acceptors (Lipinski definition) is 4. The summed E-state index contributed by atoms with van der Waals surface area (Å²) in [5.41, 5.74) is 0. The van der Waals surface area contributed by atoms with Crippen LogP contribution in [0, 0.1) is 5.92 Å². The van der Waals surface area contributed by atoms with Crippen molar-refractivity contribution in [2.75, 3.05) is 20.8 Å². The summed E-state index contributed by atoms with van der Waals surface area (Å²) < 4.78 is 10.1. The van der Waals surface area contributed by atoms with Crippen molar-refractivity contribution >= 4 is 5.97 Å². The summed E-state index contributed by atoms with van der Waals surface area (Å²) >= 11 is 0. The lowest BCUT2D eigenvalue weighted by molar-refractivity contribution is -0.150. The second-order valence-corrected chi connectivity index (χ2v) is 3.71. The highest BCUT2D eigenvalue weighted by atomic mass is 16.5. The zero-order chi connectivity index (χ0) is 10.6. The second-order valence-electron chi connectivity index (χ2n) is 3.71. The van der Waals surface area contributed by atoms with Crippen LogP contribution in [0.1, 0.15) is 19.8 Å². The molecule has 1 aliphatic rings. The number of carbonyl (C=O) groups is 1. The number of hydrogen-bond donors (Lipinski definition) is 1. The minimum atomic E-state index is -0.208. The van der Waals surface area contributed by atoms with Crippen molar-refractivity contribution in [1.82, 2.24) is 5.32 Å². The van der Waals surface area contributed by atoms with Crippen LogP contribution in [-0.4, -0.2) is 38.9 Å². The molecule has 4 heteroatoms. The Morgan fingerprint density at radius 2 is 2.21 bits per heavy atom. The molecule has 1 heterocycles. The Morgan fingerprint density at radius 1 is 1.50 bits per heavy atom. The average molecular weight is 201 g/mol. The molecule has 1 rings (SSSR count). The molecule has 3 atom stereocenters. The van der Waals surface area contributed by atoms with E-state index < -0.39 is 0 Å². The quantitative estimate of drug-likeness (QED) is 0.675. The van der Waals surface area contributed by atoms with E-state index in [0.29, 0.717) is 0 Å². The molecular weight excluding hydrogens is 182 g/mol. The molecule has 0 aromatic carbocycles. The third kappa shape index (κ3) is 2.45. The van der Waals surface area contributed by atoms with E-state index in [0.717, 1.165) is 19.4 Å². The van der Waals surface area contributed by atoms with Crippen molar-refractivity contribution in [3.8, 4) is 0 Å². The van der Waals surface area contributed by atoms with Gasteiger partial charge in [-0.2, -0.15) is 0 Å². The number of methoxy groups -OCH3 is 2. The topological polar surface area (TPSA) is 47.6 Å². The van der Waals surface area contributed by atoms with E-state index in [4.69, 9.17) is 9.47 Å². The van der Waals surface area contributed by atoms with Gasteiger partial charge < -0.3 is 14.8 Å². The van der Waals surface area contributed by atoms with Gasteiger partial charge in [-0.1, -0.05) is 0 Å². The summed E-state index contributed by atoms with van der Waals surface area (Å²) in [6.07, 6.45) is 2.14. The van der Waals surface area contributed by atoms with Crippen molar-refractivity contribution < 1.29 is 14.3 Å². The molecule has 0 saturated carbocycles. The first-order valence-corrected chi connectivity index (χ1v) is 5.04. The summed E-state index contributed by atoms with van der Waals surface area (Å²) in [5.74, 6) is -0.411. The maximum atomic E-state index is 11.3. The Balaban J connectivity index is 2.55. The number of nitrogens with one attached hydrogen (secondary N) is 1. The summed E-state index contributed by atoms with van der Waals surface area (Å²) in [4.78, 5) is 11.3. The lowest BCUT2D eigenvalue weighted by atomic mass is 9.96. The molecule has 0 amide bonds. The van der Waals surface area contributed by atoms with Gasteiger partial charge in [0.2, 0.25) is 0 Å². The molecule has 82 valence electrons. The monoisotopic (exact) mass is 201 g/mol. The maximum Gasteiger partial charge on any atom is 0.311 e. The van der Waals surface area contributed by atoms with Crippen LogP contribution in [0.15, 0.2) is 0 Å². The van der Waals surface area contributed by atoms with Crippen molar-refractivity contribution in [3.63, 3.8) is 0 Å². The van der Waals surface area contributed by atoms with E-state index in [1.807, 2.05) is 6.92 Å². The summed E-state index contributed by atoms with van der Waals surface area (Å²) in [7, 11) is 3.05. The minimum Gasteiger partial charge on any atom is -0.469 e. The molecule has 14 heavy (non-hydrogen) atoms. The van der Waals surface area contributed by atoms with Crippen LogP contribution >= 0.6 is 0 Å². The van der Waals surface area contributed by atoms with Gasteiger partial charge in [-0.05, 0) is 26.3 Å². The zero-order valence-electron chi connectivity index (χ0n) is 9.08. The number of ether oxygens (including phenoxy) is 2. The normalized spacial score (nSPS) is 25.8. The van der Waals surface area contributed by atoms with Gasteiger partial charge in [-0.3, -0.25) is 4.79 Å². The van der Waals surface area contributed by atoms with Gasteiger partial charge in [0.15, 0.2) is 0 Å². The minimum absolute atomic E-state index is 0.0788. The summed E-state index contributed by atoms with van der Waals surface area (Å²) in [6.45, 7) is 2.86. The second kappa shape index (κ2) is 5.32. The Bertz CT molecular complexity index is 190. The van der Waals surface area contributed by atoms with Crippen LogP contribution in [-0.2, 0) is 14.3 Å². The molecule has 0 radical (unpaired) electrons. The Hall–Kier alpha value is -0.610. The third-order valence-corrected chi connectivity index (χ3v) is 2.83. The molecule has 4 nitrogen and oxygen atoms in total. The van der Waals surface area contributed by atoms with Gasteiger partial charge in [0.05, 0.1) is 19.1 Å². The van der Waals surface area contributed by atoms with Crippen molar-refractivity contribution in [1.29, 1.82) is 0 Å². The highest BCUT2D eigenvalue weighted by Crippen LogP contribution is 2.19. The van der Waals surface area contributed by atoms with Gasteiger partial charge in [0.25, 0.3) is 0 Å². The van der Waals surface area contributed by atoms with Crippen LogP contribution in [0.2, 0.25) is 0 Å². The zero-order valence-corrected chi connectivity index (χ0v) is 9.08. The Morgan fingerprint density at radius 3 is 2.64 bits per heavy atom. The maximum absolute atomic E-state index is 11.3. The molecular formula is C10H19NO3. The molecule has 0 aromatic rings. The van der Waals surface area contributed by atoms with Crippen LogP contribution < -0.4 is 5.32 Å². The van der Waals surface area contributed by atoms with E-state index >= 15 is 0 Å².